The lowest BCUT2D eigenvalue weighted by atomic mass is 9.82. The van der Waals surface area contributed by atoms with Crippen LogP contribution < -0.4 is 11.1 Å². The molecule has 0 aromatic carbocycles. The van der Waals surface area contributed by atoms with Crippen molar-refractivity contribution in [3.05, 3.63) is 0 Å². The third kappa shape index (κ3) is 4.10. The predicted molar refractivity (Wildman–Crippen MR) is 63.7 cm³/mol. The lowest BCUT2D eigenvalue weighted by Crippen LogP contribution is -2.42. The topological polar surface area (TPSA) is 75.4 Å². The Balaban J connectivity index is 2.21. The zero-order chi connectivity index (χ0) is 12.1. The molecular weight excluding hydrogens is 204 g/mol. The predicted octanol–water partition coefficient (Wildman–Crippen LogP) is 0.495. The average Bonchev–Trinajstić information content (AvgIpc) is 2.18. The van der Waals surface area contributed by atoms with Crippen molar-refractivity contribution in [2.24, 2.45) is 23.5 Å². The summed E-state index contributed by atoms with van der Waals surface area (Å²) in [6, 6.07) is 0. The highest BCUT2D eigenvalue weighted by atomic mass is 16.3. The van der Waals surface area contributed by atoms with E-state index in [0.717, 1.165) is 19.3 Å². The van der Waals surface area contributed by atoms with E-state index in [1.54, 1.807) is 0 Å². The highest BCUT2D eigenvalue weighted by Crippen LogP contribution is 2.26. The number of nitrogens with one attached hydrogen (secondary N) is 1. The van der Waals surface area contributed by atoms with E-state index in [1.807, 2.05) is 0 Å². The van der Waals surface area contributed by atoms with Crippen LogP contribution in [0.3, 0.4) is 0 Å². The zero-order valence-electron chi connectivity index (χ0n) is 10.3. The van der Waals surface area contributed by atoms with E-state index in [4.69, 9.17) is 10.8 Å². The van der Waals surface area contributed by atoms with Crippen LogP contribution in [0.25, 0.3) is 0 Å². The molecule has 0 heterocycles. The molecule has 1 amide bonds. The van der Waals surface area contributed by atoms with E-state index in [1.165, 1.54) is 0 Å². The highest BCUT2D eigenvalue weighted by Gasteiger charge is 2.28. The molecule has 0 aromatic heterocycles. The number of hydrogen-bond donors (Lipinski definition) is 3. The van der Waals surface area contributed by atoms with Crippen LogP contribution in [0.4, 0.5) is 0 Å². The van der Waals surface area contributed by atoms with Crippen LogP contribution in [-0.4, -0.2) is 30.2 Å². The third-order valence-electron chi connectivity index (χ3n) is 3.19. The summed E-state index contributed by atoms with van der Waals surface area (Å²) in [4.78, 5) is 11.8. The Hall–Kier alpha value is -0.610. The molecule has 1 atom stereocenters. The van der Waals surface area contributed by atoms with E-state index in [-0.39, 0.29) is 17.9 Å². The molecule has 1 unspecified atom stereocenters. The summed E-state index contributed by atoms with van der Waals surface area (Å²) in [5.41, 5.74) is 5.60. The van der Waals surface area contributed by atoms with E-state index in [0.29, 0.717) is 24.9 Å². The Morgan fingerprint density at radius 1 is 1.50 bits per heavy atom. The van der Waals surface area contributed by atoms with E-state index in [2.05, 4.69) is 19.2 Å². The summed E-state index contributed by atoms with van der Waals surface area (Å²) in [5, 5.41) is 12.1. The van der Waals surface area contributed by atoms with Gasteiger partial charge in [-0.3, -0.25) is 4.79 Å². The Morgan fingerprint density at radius 2 is 2.12 bits per heavy atom. The smallest absolute Gasteiger partial charge is 0.224 e. The van der Waals surface area contributed by atoms with Crippen LogP contribution in [0, 0.1) is 17.8 Å². The molecule has 1 saturated carbocycles. The molecular formula is C12H24N2O2. The first-order chi connectivity index (χ1) is 7.52. The molecule has 1 aliphatic carbocycles. The van der Waals surface area contributed by atoms with Gasteiger partial charge in [-0.25, -0.2) is 0 Å². The van der Waals surface area contributed by atoms with Gasteiger partial charge in [0, 0.05) is 13.1 Å². The number of aliphatic hydroxyl groups is 1. The standard InChI is InChI=1S/C12H24N2O2/c1-8(2)3-10(6-13)12(16)14-7-9-4-11(15)5-9/h8-11,15H,3-7,13H2,1-2H3,(H,14,16). The highest BCUT2D eigenvalue weighted by molar-refractivity contribution is 5.78. The molecule has 0 saturated heterocycles. The second-order valence-corrected chi connectivity index (χ2v) is 5.30. The van der Waals surface area contributed by atoms with Crippen molar-refractivity contribution in [1.29, 1.82) is 0 Å². The summed E-state index contributed by atoms with van der Waals surface area (Å²) in [6.07, 6.45) is 2.33. The van der Waals surface area contributed by atoms with Gasteiger partial charge >= 0.3 is 0 Å². The third-order valence-corrected chi connectivity index (χ3v) is 3.19. The quantitative estimate of drug-likeness (QED) is 0.619. The molecule has 4 heteroatoms. The summed E-state index contributed by atoms with van der Waals surface area (Å²) in [6.45, 7) is 5.29. The van der Waals surface area contributed by atoms with Gasteiger partial charge in [0.05, 0.1) is 12.0 Å². The van der Waals surface area contributed by atoms with Crippen molar-refractivity contribution in [3.63, 3.8) is 0 Å². The number of amides is 1. The van der Waals surface area contributed by atoms with Gasteiger partial charge in [-0.15, -0.1) is 0 Å². The number of hydrogen-bond acceptors (Lipinski definition) is 3. The van der Waals surface area contributed by atoms with Gasteiger partial charge < -0.3 is 16.2 Å². The lowest BCUT2D eigenvalue weighted by molar-refractivity contribution is -0.125. The van der Waals surface area contributed by atoms with Crippen LogP contribution >= 0.6 is 0 Å². The number of carbonyl (C=O) groups is 1. The fraction of sp³-hybridized carbons (Fsp3) is 0.917. The molecule has 1 fully saturated rings. The minimum Gasteiger partial charge on any atom is -0.393 e. The first-order valence-corrected chi connectivity index (χ1v) is 6.18. The SMILES string of the molecule is CC(C)CC(CN)C(=O)NCC1CC(O)C1. The summed E-state index contributed by atoms with van der Waals surface area (Å²) in [7, 11) is 0. The van der Waals surface area contributed by atoms with Crippen molar-refractivity contribution in [1.82, 2.24) is 5.32 Å². The molecule has 4 N–H and O–H groups in total. The van der Waals surface area contributed by atoms with Gasteiger partial charge in [0.25, 0.3) is 0 Å². The van der Waals surface area contributed by atoms with Gasteiger partial charge in [-0.05, 0) is 31.1 Å². The van der Waals surface area contributed by atoms with E-state index >= 15 is 0 Å². The fourth-order valence-corrected chi connectivity index (χ4v) is 2.14. The van der Waals surface area contributed by atoms with Gasteiger partial charge in [0.15, 0.2) is 0 Å². The molecule has 4 nitrogen and oxygen atoms in total. The molecule has 1 rings (SSSR count). The molecule has 0 spiro atoms. The van der Waals surface area contributed by atoms with E-state index < -0.39 is 0 Å². The first kappa shape index (κ1) is 13.5. The van der Waals surface area contributed by atoms with Gasteiger partial charge in [-0.2, -0.15) is 0 Å². The summed E-state index contributed by atoms with van der Waals surface area (Å²) < 4.78 is 0. The minimum atomic E-state index is -0.150. The lowest BCUT2D eigenvalue weighted by Gasteiger charge is -2.31. The molecule has 0 aliphatic heterocycles. The molecule has 0 bridgehead atoms. The maximum Gasteiger partial charge on any atom is 0.224 e. The van der Waals surface area contributed by atoms with Crippen molar-refractivity contribution < 1.29 is 9.90 Å². The van der Waals surface area contributed by atoms with Crippen LogP contribution in [0.5, 0.6) is 0 Å². The second kappa shape index (κ2) is 6.21. The monoisotopic (exact) mass is 228 g/mol. The number of carbonyl (C=O) groups excluding carboxylic acids is 1. The molecule has 16 heavy (non-hydrogen) atoms. The maximum atomic E-state index is 11.8. The largest absolute Gasteiger partial charge is 0.393 e. The number of nitrogens with two attached hydrogens (primary N) is 1. The number of aliphatic hydroxyl groups excluding tert-OH is 1. The maximum absolute atomic E-state index is 11.8. The molecule has 94 valence electrons. The van der Waals surface area contributed by atoms with Crippen LogP contribution in [-0.2, 0) is 4.79 Å². The van der Waals surface area contributed by atoms with Crippen LogP contribution in [0.1, 0.15) is 33.1 Å². The van der Waals surface area contributed by atoms with Crippen molar-refractivity contribution >= 4 is 5.91 Å². The molecule has 1 aliphatic rings. The van der Waals surface area contributed by atoms with Gasteiger partial charge in [0.2, 0.25) is 5.91 Å². The van der Waals surface area contributed by atoms with Crippen LogP contribution in [0.2, 0.25) is 0 Å². The Bertz CT molecular complexity index is 225. The molecule has 0 radical (unpaired) electrons. The van der Waals surface area contributed by atoms with Crippen molar-refractivity contribution in [2.45, 2.75) is 39.2 Å². The second-order valence-electron chi connectivity index (χ2n) is 5.30. The fourth-order valence-electron chi connectivity index (χ4n) is 2.14. The van der Waals surface area contributed by atoms with E-state index in [9.17, 15) is 4.79 Å². The zero-order valence-corrected chi connectivity index (χ0v) is 10.3. The number of rotatable bonds is 6. The van der Waals surface area contributed by atoms with Gasteiger partial charge in [0.1, 0.15) is 0 Å². The summed E-state index contributed by atoms with van der Waals surface area (Å²) in [5.74, 6) is 0.948. The Labute approximate surface area is 97.6 Å². The molecule has 0 aromatic rings. The first-order valence-electron chi connectivity index (χ1n) is 6.18. The minimum absolute atomic E-state index is 0.0648. The normalized spacial score (nSPS) is 26.3. The Kier molecular flexibility index (Phi) is 5.22. The van der Waals surface area contributed by atoms with Crippen molar-refractivity contribution in [2.75, 3.05) is 13.1 Å². The summed E-state index contributed by atoms with van der Waals surface area (Å²) >= 11 is 0. The Morgan fingerprint density at radius 3 is 2.56 bits per heavy atom. The average molecular weight is 228 g/mol. The van der Waals surface area contributed by atoms with Crippen molar-refractivity contribution in [3.8, 4) is 0 Å². The van der Waals surface area contributed by atoms with Crippen LogP contribution in [0.15, 0.2) is 0 Å². The van der Waals surface area contributed by atoms with Gasteiger partial charge in [-0.1, -0.05) is 13.8 Å².